The van der Waals surface area contributed by atoms with Crippen LogP contribution in [0.3, 0.4) is 0 Å². The lowest BCUT2D eigenvalue weighted by atomic mass is 10.2. The second-order valence-electron chi connectivity index (χ2n) is 7.37. The van der Waals surface area contributed by atoms with Crippen LogP contribution in [-0.2, 0) is 10.5 Å². The van der Waals surface area contributed by atoms with Crippen molar-refractivity contribution in [2.45, 2.75) is 17.8 Å². The predicted octanol–water partition coefficient (Wildman–Crippen LogP) is 4.71. The van der Waals surface area contributed by atoms with E-state index < -0.39 is 0 Å². The highest BCUT2D eigenvalue weighted by atomic mass is 35.5. The van der Waals surface area contributed by atoms with Crippen molar-refractivity contribution in [1.82, 2.24) is 24.6 Å². The number of hydrogen-bond acceptors (Lipinski definition) is 8. The Hall–Kier alpha value is -2.66. The molecular weight excluding hydrogens is 482 g/mol. The Kier molecular flexibility index (Phi) is 6.50. The fraction of sp³-hybridized carbons (Fsp3) is 0.273. The molecule has 170 valence electrons. The maximum Gasteiger partial charge on any atom is 0.273 e. The van der Waals surface area contributed by atoms with E-state index in [0.29, 0.717) is 59.5 Å². The fourth-order valence-electron chi connectivity index (χ4n) is 3.50. The van der Waals surface area contributed by atoms with E-state index in [1.54, 1.807) is 11.2 Å². The van der Waals surface area contributed by atoms with E-state index in [1.165, 1.54) is 23.1 Å². The molecule has 0 saturated carbocycles. The zero-order valence-electron chi connectivity index (χ0n) is 17.7. The van der Waals surface area contributed by atoms with Gasteiger partial charge in [-0.1, -0.05) is 29.4 Å². The Bertz CT molecular complexity index is 1270. The van der Waals surface area contributed by atoms with Gasteiger partial charge in [0.25, 0.3) is 5.91 Å². The normalized spacial score (nSPS) is 14.1. The molecule has 4 heterocycles. The van der Waals surface area contributed by atoms with E-state index >= 15 is 0 Å². The number of benzene rings is 1. The Morgan fingerprint density at radius 2 is 2.09 bits per heavy atom. The number of carbonyl (C=O) groups excluding carboxylic acids is 1. The van der Waals surface area contributed by atoms with E-state index in [0.717, 1.165) is 16.3 Å². The van der Waals surface area contributed by atoms with E-state index in [1.807, 2.05) is 47.2 Å². The SMILES string of the molecule is Cc1ccc(Cl)cc1-n1c(SCc2nc(C(=O)N3CCOCC3)cs2)nnc1-c1ccco1. The molecular formula is C22H20ClN5O3S2. The molecule has 4 aromatic rings. The van der Waals surface area contributed by atoms with Gasteiger partial charge in [0.2, 0.25) is 5.82 Å². The van der Waals surface area contributed by atoms with Crippen LogP contribution < -0.4 is 0 Å². The Morgan fingerprint density at radius 3 is 2.88 bits per heavy atom. The molecule has 1 aliphatic rings. The number of morpholine rings is 1. The van der Waals surface area contributed by atoms with Crippen LogP contribution in [0.2, 0.25) is 5.02 Å². The van der Waals surface area contributed by atoms with Gasteiger partial charge in [-0.15, -0.1) is 21.5 Å². The predicted molar refractivity (Wildman–Crippen MR) is 127 cm³/mol. The van der Waals surface area contributed by atoms with Crippen LogP contribution in [0, 0.1) is 6.92 Å². The number of aryl methyl sites for hydroxylation is 1. The van der Waals surface area contributed by atoms with Crippen LogP contribution in [0.25, 0.3) is 17.3 Å². The second kappa shape index (κ2) is 9.68. The van der Waals surface area contributed by atoms with Gasteiger partial charge in [-0.05, 0) is 36.8 Å². The smallest absolute Gasteiger partial charge is 0.273 e. The molecule has 1 fully saturated rings. The van der Waals surface area contributed by atoms with Gasteiger partial charge in [-0.25, -0.2) is 4.98 Å². The first kappa shape index (κ1) is 22.1. The summed E-state index contributed by atoms with van der Waals surface area (Å²) in [5.41, 5.74) is 2.38. The Labute approximate surface area is 203 Å². The van der Waals surface area contributed by atoms with Gasteiger partial charge < -0.3 is 14.1 Å². The molecule has 0 spiro atoms. The van der Waals surface area contributed by atoms with Crippen molar-refractivity contribution in [3.8, 4) is 17.3 Å². The highest BCUT2D eigenvalue weighted by Crippen LogP contribution is 2.32. The minimum absolute atomic E-state index is 0.0522. The topological polar surface area (TPSA) is 86.3 Å². The van der Waals surface area contributed by atoms with Gasteiger partial charge in [0, 0.05) is 23.5 Å². The highest BCUT2D eigenvalue weighted by molar-refractivity contribution is 7.98. The van der Waals surface area contributed by atoms with Gasteiger partial charge in [-0.3, -0.25) is 9.36 Å². The number of rotatable bonds is 6. The summed E-state index contributed by atoms with van der Waals surface area (Å²) in [7, 11) is 0. The zero-order valence-corrected chi connectivity index (χ0v) is 20.1. The summed E-state index contributed by atoms with van der Waals surface area (Å²) >= 11 is 9.26. The van der Waals surface area contributed by atoms with Crippen molar-refractivity contribution in [3.05, 3.63) is 63.3 Å². The van der Waals surface area contributed by atoms with E-state index in [4.69, 9.17) is 20.8 Å². The molecule has 1 aromatic carbocycles. The quantitative estimate of drug-likeness (QED) is 0.353. The summed E-state index contributed by atoms with van der Waals surface area (Å²) in [4.78, 5) is 19.0. The van der Waals surface area contributed by atoms with Crippen molar-refractivity contribution in [1.29, 1.82) is 0 Å². The Balaban J connectivity index is 1.40. The molecule has 0 radical (unpaired) electrons. The van der Waals surface area contributed by atoms with Gasteiger partial charge in [0.1, 0.15) is 10.7 Å². The van der Waals surface area contributed by atoms with Crippen LogP contribution >= 0.6 is 34.7 Å². The molecule has 11 heteroatoms. The second-order valence-corrected chi connectivity index (χ2v) is 9.69. The zero-order chi connectivity index (χ0) is 22.8. The lowest BCUT2D eigenvalue weighted by Gasteiger charge is -2.25. The molecule has 0 bridgehead atoms. The summed E-state index contributed by atoms with van der Waals surface area (Å²) in [6, 6.07) is 9.36. The average Bonchev–Trinajstić information content (AvgIpc) is 3.60. The van der Waals surface area contributed by atoms with Crippen molar-refractivity contribution >= 4 is 40.6 Å². The molecule has 1 aliphatic heterocycles. The van der Waals surface area contributed by atoms with Crippen molar-refractivity contribution in [2.24, 2.45) is 0 Å². The first-order chi connectivity index (χ1) is 16.1. The highest BCUT2D eigenvalue weighted by Gasteiger charge is 2.22. The number of amides is 1. The molecule has 8 nitrogen and oxygen atoms in total. The lowest BCUT2D eigenvalue weighted by Crippen LogP contribution is -2.40. The minimum atomic E-state index is -0.0522. The number of nitrogens with zero attached hydrogens (tertiary/aromatic N) is 5. The molecule has 1 saturated heterocycles. The van der Waals surface area contributed by atoms with Crippen LogP contribution in [0.1, 0.15) is 21.1 Å². The summed E-state index contributed by atoms with van der Waals surface area (Å²) in [5, 5.41) is 12.7. The molecule has 0 unspecified atom stereocenters. The third-order valence-corrected chi connectivity index (χ3v) is 7.39. The van der Waals surface area contributed by atoms with Crippen LogP contribution in [0.15, 0.2) is 51.5 Å². The molecule has 3 aromatic heterocycles. The number of thioether (sulfide) groups is 1. The number of thiazole rings is 1. The summed E-state index contributed by atoms with van der Waals surface area (Å²) < 4.78 is 12.9. The fourth-order valence-corrected chi connectivity index (χ4v) is 5.40. The average molecular weight is 502 g/mol. The van der Waals surface area contributed by atoms with Gasteiger partial charge in [0.15, 0.2) is 10.9 Å². The molecule has 0 atom stereocenters. The number of halogens is 1. The van der Waals surface area contributed by atoms with E-state index in [2.05, 4.69) is 15.2 Å². The summed E-state index contributed by atoms with van der Waals surface area (Å²) in [6.45, 7) is 4.33. The lowest BCUT2D eigenvalue weighted by molar-refractivity contribution is 0.0299. The third kappa shape index (κ3) is 4.70. The van der Waals surface area contributed by atoms with Gasteiger partial charge in [0.05, 0.1) is 30.9 Å². The minimum Gasteiger partial charge on any atom is -0.461 e. The molecule has 1 amide bonds. The summed E-state index contributed by atoms with van der Waals surface area (Å²) in [5.74, 6) is 1.71. The number of aromatic nitrogens is 4. The standard InChI is InChI=1S/C22H20ClN5O3S2/c1-14-4-5-15(23)11-17(14)28-20(18-3-2-8-31-18)25-26-22(28)33-13-19-24-16(12-32-19)21(29)27-6-9-30-10-7-27/h2-5,8,11-12H,6-7,9-10,13H2,1H3. The molecule has 33 heavy (non-hydrogen) atoms. The Morgan fingerprint density at radius 1 is 1.24 bits per heavy atom. The monoisotopic (exact) mass is 501 g/mol. The van der Waals surface area contributed by atoms with Gasteiger partial charge in [-0.2, -0.15) is 0 Å². The number of ether oxygens (including phenoxy) is 1. The first-order valence-corrected chi connectivity index (χ1v) is 12.5. The molecule has 0 aliphatic carbocycles. The number of hydrogen-bond donors (Lipinski definition) is 0. The van der Waals surface area contributed by atoms with Crippen LogP contribution in [0.5, 0.6) is 0 Å². The third-order valence-electron chi connectivity index (χ3n) is 5.18. The van der Waals surface area contributed by atoms with E-state index in [-0.39, 0.29) is 5.91 Å². The van der Waals surface area contributed by atoms with Crippen molar-refractivity contribution in [2.75, 3.05) is 26.3 Å². The van der Waals surface area contributed by atoms with Crippen LogP contribution in [-0.4, -0.2) is 56.9 Å². The largest absolute Gasteiger partial charge is 0.461 e. The maximum atomic E-state index is 12.7. The number of furan rings is 1. The first-order valence-electron chi connectivity index (χ1n) is 10.3. The molecule has 5 rings (SSSR count). The van der Waals surface area contributed by atoms with Gasteiger partial charge >= 0.3 is 0 Å². The summed E-state index contributed by atoms with van der Waals surface area (Å²) in [6.07, 6.45) is 1.61. The van der Waals surface area contributed by atoms with E-state index in [9.17, 15) is 4.79 Å². The van der Waals surface area contributed by atoms with Crippen molar-refractivity contribution < 1.29 is 13.9 Å². The van der Waals surface area contributed by atoms with Crippen LogP contribution in [0.4, 0.5) is 0 Å². The van der Waals surface area contributed by atoms with Crippen molar-refractivity contribution in [3.63, 3.8) is 0 Å². The number of carbonyl (C=O) groups is 1. The molecule has 0 N–H and O–H groups in total. The maximum absolute atomic E-state index is 12.7.